The molecular weight excluding hydrogens is 174 g/mol. The van der Waals surface area contributed by atoms with Crippen LogP contribution in [-0.2, 0) is 0 Å². The predicted molar refractivity (Wildman–Crippen MR) is 52.7 cm³/mol. The van der Waals surface area contributed by atoms with Crippen LogP contribution in [0.25, 0.3) is 0 Å². The monoisotopic (exact) mass is 185 g/mol. The predicted octanol–water partition coefficient (Wildman–Crippen LogP) is 1.69. The lowest BCUT2D eigenvalue weighted by Gasteiger charge is -2.16. The highest BCUT2D eigenvalue weighted by Gasteiger charge is 2.07. The Morgan fingerprint density at radius 1 is 1.50 bits per heavy atom. The molecule has 1 aromatic rings. The Morgan fingerprint density at radius 3 is 2.58 bits per heavy atom. The average molecular weight is 186 g/mol. The molecule has 4 heteroatoms. The fourth-order valence-electron chi connectivity index (χ4n) is 0.999. The molecule has 0 unspecified atom stereocenters. The SMILES string of the molecule is Cc1cc(N(C)C)c(N)c(Cl)n1. The van der Waals surface area contributed by atoms with Gasteiger partial charge in [-0.05, 0) is 13.0 Å². The van der Waals surface area contributed by atoms with Crippen LogP contribution in [0.5, 0.6) is 0 Å². The number of aromatic nitrogens is 1. The minimum atomic E-state index is 0.374. The summed E-state index contributed by atoms with van der Waals surface area (Å²) in [4.78, 5) is 5.94. The van der Waals surface area contributed by atoms with Crippen molar-refractivity contribution in [1.82, 2.24) is 4.98 Å². The van der Waals surface area contributed by atoms with Crippen molar-refractivity contribution in [2.24, 2.45) is 0 Å². The number of anilines is 2. The van der Waals surface area contributed by atoms with Gasteiger partial charge >= 0.3 is 0 Å². The number of rotatable bonds is 1. The molecule has 0 aliphatic carbocycles. The Kier molecular flexibility index (Phi) is 2.43. The Labute approximate surface area is 77.1 Å². The van der Waals surface area contributed by atoms with Crippen molar-refractivity contribution in [3.8, 4) is 0 Å². The van der Waals surface area contributed by atoms with Crippen LogP contribution in [0.1, 0.15) is 5.69 Å². The van der Waals surface area contributed by atoms with Gasteiger partial charge in [-0.25, -0.2) is 4.98 Å². The maximum atomic E-state index is 5.80. The van der Waals surface area contributed by atoms with E-state index in [1.807, 2.05) is 32.0 Å². The molecule has 1 heterocycles. The lowest BCUT2D eigenvalue weighted by molar-refractivity contribution is 1.10. The number of aryl methyl sites for hydroxylation is 1. The highest BCUT2D eigenvalue weighted by molar-refractivity contribution is 6.32. The highest BCUT2D eigenvalue weighted by Crippen LogP contribution is 2.27. The molecule has 1 aromatic heterocycles. The van der Waals surface area contributed by atoms with E-state index in [1.54, 1.807) is 0 Å². The molecular formula is C8H12ClN3. The second-order valence-electron chi connectivity index (χ2n) is 2.88. The summed E-state index contributed by atoms with van der Waals surface area (Å²) in [5, 5.41) is 0.374. The van der Waals surface area contributed by atoms with Gasteiger partial charge in [0.2, 0.25) is 0 Å². The van der Waals surface area contributed by atoms with E-state index in [2.05, 4.69) is 4.98 Å². The third kappa shape index (κ3) is 1.61. The van der Waals surface area contributed by atoms with Gasteiger partial charge in [0.1, 0.15) is 0 Å². The summed E-state index contributed by atoms with van der Waals surface area (Å²) in [5.74, 6) is 0. The third-order valence-corrected chi connectivity index (χ3v) is 1.89. The van der Waals surface area contributed by atoms with Crippen LogP contribution < -0.4 is 10.6 Å². The first kappa shape index (κ1) is 9.13. The van der Waals surface area contributed by atoms with Gasteiger partial charge in [-0.2, -0.15) is 0 Å². The lowest BCUT2D eigenvalue weighted by atomic mass is 10.3. The van der Waals surface area contributed by atoms with E-state index in [-0.39, 0.29) is 0 Å². The first-order valence-corrected chi connectivity index (χ1v) is 4.00. The van der Waals surface area contributed by atoms with Crippen molar-refractivity contribution in [3.05, 3.63) is 16.9 Å². The van der Waals surface area contributed by atoms with Crippen molar-refractivity contribution < 1.29 is 0 Å². The first-order chi connectivity index (χ1) is 5.52. The number of nitrogens with zero attached hydrogens (tertiary/aromatic N) is 2. The molecule has 3 nitrogen and oxygen atoms in total. The molecule has 2 N–H and O–H groups in total. The summed E-state index contributed by atoms with van der Waals surface area (Å²) >= 11 is 5.80. The third-order valence-electron chi connectivity index (χ3n) is 1.60. The minimum Gasteiger partial charge on any atom is -0.395 e. The van der Waals surface area contributed by atoms with Crippen LogP contribution in [0.2, 0.25) is 5.15 Å². The van der Waals surface area contributed by atoms with Crippen LogP contribution >= 0.6 is 11.6 Å². The van der Waals surface area contributed by atoms with Crippen molar-refractivity contribution in [1.29, 1.82) is 0 Å². The van der Waals surface area contributed by atoms with Gasteiger partial charge in [0.15, 0.2) is 5.15 Å². The fraction of sp³-hybridized carbons (Fsp3) is 0.375. The van der Waals surface area contributed by atoms with E-state index < -0.39 is 0 Å². The molecule has 66 valence electrons. The Balaban J connectivity index is 3.28. The summed E-state index contributed by atoms with van der Waals surface area (Å²) in [7, 11) is 3.84. The standard InChI is InChI=1S/C8H12ClN3/c1-5-4-6(12(2)3)7(10)8(9)11-5/h4H,10H2,1-3H3. The van der Waals surface area contributed by atoms with Crippen LogP contribution in [0, 0.1) is 6.92 Å². The Bertz CT molecular complexity index is 297. The van der Waals surface area contributed by atoms with Gasteiger partial charge in [-0.1, -0.05) is 11.6 Å². The van der Waals surface area contributed by atoms with Gasteiger partial charge in [-0.15, -0.1) is 0 Å². The number of nitrogens with two attached hydrogens (primary N) is 1. The maximum Gasteiger partial charge on any atom is 0.154 e. The van der Waals surface area contributed by atoms with Crippen molar-refractivity contribution in [3.63, 3.8) is 0 Å². The zero-order valence-electron chi connectivity index (χ0n) is 7.43. The average Bonchev–Trinajstić information content (AvgIpc) is 1.96. The van der Waals surface area contributed by atoms with Gasteiger partial charge in [0.05, 0.1) is 11.4 Å². The summed E-state index contributed by atoms with van der Waals surface area (Å²) in [6.45, 7) is 1.89. The topological polar surface area (TPSA) is 42.1 Å². The van der Waals surface area contributed by atoms with E-state index in [4.69, 9.17) is 17.3 Å². The number of pyridine rings is 1. The van der Waals surface area contributed by atoms with Crippen LogP contribution in [0.3, 0.4) is 0 Å². The normalized spacial score (nSPS) is 10.0. The molecule has 0 bridgehead atoms. The molecule has 0 aliphatic rings. The Morgan fingerprint density at radius 2 is 2.08 bits per heavy atom. The van der Waals surface area contributed by atoms with Crippen LogP contribution in [0.4, 0.5) is 11.4 Å². The van der Waals surface area contributed by atoms with Gasteiger partial charge in [-0.3, -0.25) is 0 Å². The fourth-order valence-corrected chi connectivity index (χ4v) is 1.23. The van der Waals surface area contributed by atoms with Crippen LogP contribution in [-0.4, -0.2) is 19.1 Å². The molecule has 0 atom stereocenters. The second-order valence-corrected chi connectivity index (χ2v) is 3.24. The van der Waals surface area contributed by atoms with Crippen molar-refractivity contribution in [2.75, 3.05) is 24.7 Å². The summed E-state index contributed by atoms with van der Waals surface area (Å²) in [6.07, 6.45) is 0. The minimum absolute atomic E-state index is 0.374. The number of hydrogen-bond acceptors (Lipinski definition) is 3. The number of hydrogen-bond donors (Lipinski definition) is 1. The molecule has 0 saturated heterocycles. The quantitative estimate of drug-likeness (QED) is 0.678. The number of halogens is 1. The zero-order chi connectivity index (χ0) is 9.30. The molecule has 12 heavy (non-hydrogen) atoms. The van der Waals surface area contributed by atoms with Gasteiger partial charge < -0.3 is 10.6 Å². The van der Waals surface area contributed by atoms with E-state index in [0.29, 0.717) is 10.8 Å². The molecule has 0 saturated carbocycles. The van der Waals surface area contributed by atoms with Crippen molar-refractivity contribution >= 4 is 23.0 Å². The molecule has 0 radical (unpaired) electrons. The van der Waals surface area contributed by atoms with Crippen molar-refractivity contribution in [2.45, 2.75) is 6.92 Å². The number of nitrogen functional groups attached to an aromatic ring is 1. The molecule has 0 amide bonds. The van der Waals surface area contributed by atoms with Crippen LogP contribution in [0.15, 0.2) is 6.07 Å². The van der Waals surface area contributed by atoms with Gasteiger partial charge in [0, 0.05) is 19.8 Å². The van der Waals surface area contributed by atoms with E-state index in [1.165, 1.54) is 0 Å². The van der Waals surface area contributed by atoms with E-state index in [9.17, 15) is 0 Å². The molecule has 0 spiro atoms. The second kappa shape index (κ2) is 3.19. The first-order valence-electron chi connectivity index (χ1n) is 3.62. The summed E-state index contributed by atoms with van der Waals surface area (Å²) in [6, 6.07) is 1.90. The lowest BCUT2D eigenvalue weighted by Crippen LogP contribution is -2.12. The Hall–Kier alpha value is -0.960. The highest BCUT2D eigenvalue weighted by atomic mass is 35.5. The summed E-state index contributed by atoms with van der Waals surface area (Å²) < 4.78 is 0. The summed E-state index contributed by atoms with van der Waals surface area (Å²) in [5.41, 5.74) is 8.03. The molecule has 0 aromatic carbocycles. The smallest absolute Gasteiger partial charge is 0.154 e. The zero-order valence-corrected chi connectivity index (χ0v) is 8.18. The van der Waals surface area contributed by atoms with Gasteiger partial charge in [0.25, 0.3) is 0 Å². The molecule has 1 rings (SSSR count). The van der Waals surface area contributed by atoms with E-state index in [0.717, 1.165) is 11.4 Å². The molecule has 0 fully saturated rings. The maximum absolute atomic E-state index is 5.80. The largest absolute Gasteiger partial charge is 0.395 e. The van der Waals surface area contributed by atoms with E-state index >= 15 is 0 Å². The molecule has 0 aliphatic heterocycles.